The summed E-state index contributed by atoms with van der Waals surface area (Å²) < 4.78 is 36.3. The van der Waals surface area contributed by atoms with E-state index in [9.17, 15) is 18.3 Å². The Morgan fingerprint density at radius 1 is 1.02 bits per heavy atom. The van der Waals surface area contributed by atoms with Gasteiger partial charge in [0.25, 0.3) is 5.91 Å². The van der Waals surface area contributed by atoms with Crippen molar-refractivity contribution < 1.29 is 23.1 Å². The number of fused-ring (bicyclic) bond motifs is 4. The highest BCUT2D eigenvalue weighted by molar-refractivity contribution is 7.90. The van der Waals surface area contributed by atoms with E-state index in [2.05, 4.69) is 26.7 Å². The smallest absolute Gasteiger partial charge is 0.264 e. The van der Waals surface area contributed by atoms with E-state index in [1.54, 1.807) is 19.1 Å². The summed E-state index contributed by atoms with van der Waals surface area (Å²) in [6.45, 7) is 7.60. The highest BCUT2D eigenvalue weighted by Crippen LogP contribution is 2.47. The Bertz CT molecular complexity index is 1600. The van der Waals surface area contributed by atoms with Crippen LogP contribution in [0.5, 0.6) is 5.75 Å². The van der Waals surface area contributed by atoms with E-state index in [1.807, 2.05) is 19.1 Å². The van der Waals surface area contributed by atoms with Crippen LogP contribution >= 0.6 is 11.6 Å². The molecule has 10 heteroatoms. The summed E-state index contributed by atoms with van der Waals surface area (Å²) in [5.74, 6) is 0.390. The normalized spacial score (nSPS) is 34.6. The molecule has 0 aromatic heterocycles. The molecule has 2 fully saturated rings. The molecular weight excluding hydrogens is 634 g/mol. The number of carbonyl (C=O) groups excluding carboxylic acids is 1. The number of nitrogens with one attached hydrogen (secondary N) is 1. The molecule has 3 aliphatic heterocycles. The molecule has 47 heavy (non-hydrogen) atoms. The first-order valence-electron chi connectivity index (χ1n) is 17.8. The Kier molecular flexibility index (Phi) is 9.30. The molecule has 1 amide bonds. The van der Waals surface area contributed by atoms with Gasteiger partial charge in [0.2, 0.25) is 10.0 Å². The zero-order chi connectivity index (χ0) is 32.9. The summed E-state index contributed by atoms with van der Waals surface area (Å²) in [6.07, 6.45) is 9.36. The van der Waals surface area contributed by atoms with E-state index < -0.39 is 27.3 Å². The van der Waals surface area contributed by atoms with Crippen LogP contribution in [0.25, 0.3) is 0 Å². The molecule has 1 saturated carbocycles. The molecule has 8 nitrogen and oxygen atoms in total. The fourth-order valence-corrected chi connectivity index (χ4v) is 10.7. The fraction of sp³-hybridized carbons (Fsp3) is 0.649. The van der Waals surface area contributed by atoms with Crippen molar-refractivity contribution in [2.75, 3.05) is 37.7 Å². The van der Waals surface area contributed by atoms with Gasteiger partial charge >= 0.3 is 0 Å². The predicted molar refractivity (Wildman–Crippen MR) is 186 cm³/mol. The number of aliphatic hydroxyl groups is 1. The van der Waals surface area contributed by atoms with Crippen LogP contribution in [0, 0.1) is 17.8 Å². The van der Waals surface area contributed by atoms with Crippen molar-refractivity contribution in [3.63, 3.8) is 0 Å². The second kappa shape index (κ2) is 13.2. The molecule has 2 N–H and O–H groups in total. The van der Waals surface area contributed by atoms with Crippen molar-refractivity contribution in [3.05, 3.63) is 58.1 Å². The summed E-state index contributed by atoms with van der Waals surface area (Å²) in [6, 6.07) is 11.6. The third-order valence-corrected chi connectivity index (χ3v) is 14.5. The minimum atomic E-state index is -3.95. The van der Waals surface area contributed by atoms with E-state index in [-0.39, 0.29) is 23.3 Å². The molecule has 2 aromatic carbocycles. The maximum absolute atomic E-state index is 13.6. The number of sulfonamides is 1. The highest BCUT2D eigenvalue weighted by Gasteiger charge is 2.45. The van der Waals surface area contributed by atoms with Crippen LogP contribution in [0.1, 0.15) is 93.1 Å². The van der Waals surface area contributed by atoms with Crippen molar-refractivity contribution in [2.24, 2.45) is 17.8 Å². The lowest BCUT2D eigenvalue weighted by Crippen LogP contribution is -2.51. The van der Waals surface area contributed by atoms with Gasteiger partial charge in [0, 0.05) is 35.1 Å². The average molecular weight is 684 g/mol. The topological polar surface area (TPSA) is 99.2 Å². The fourth-order valence-electron chi connectivity index (χ4n) is 9.21. The summed E-state index contributed by atoms with van der Waals surface area (Å²) in [7, 11) is -3.95. The number of carbonyl (C=O) groups is 1. The number of benzene rings is 2. The predicted octanol–water partition coefficient (Wildman–Crippen LogP) is 5.93. The summed E-state index contributed by atoms with van der Waals surface area (Å²) >= 11 is 6.44. The number of rotatable bonds is 1. The molecule has 0 radical (unpaired) electrons. The van der Waals surface area contributed by atoms with Gasteiger partial charge in [0.05, 0.1) is 23.6 Å². The van der Waals surface area contributed by atoms with Crippen LogP contribution in [-0.4, -0.2) is 74.5 Å². The Hall–Kier alpha value is -2.33. The number of anilines is 1. The molecule has 5 aliphatic rings. The lowest BCUT2D eigenvalue weighted by Gasteiger charge is -2.47. The molecule has 256 valence electrons. The third kappa shape index (κ3) is 6.54. The van der Waals surface area contributed by atoms with Crippen LogP contribution in [0.15, 0.2) is 36.4 Å². The summed E-state index contributed by atoms with van der Waals surface area (Å²) in [5.41, 5.74) is 3.40. The van der Waals surface area contributed by atoms with Gasteiger partial charge in [0.1, 0.15) is 5.75 Å². The van der Waals surface area contributed by atoms with E-state index in [0.29, 0.717) is 43.2 Å². The molecule has 7 rings (SSSR count). The van der Waals surface area contributed by atoms with Gasteiger partial charge in [-0.1, -0.05) is 31.0 Å². The number of amides is 1. The molecule has 1 spiro atoms. The SMILES string of the molecule is C[C@@H]1[C@@H](C)C[C@H](N2CCCCC2)C[C@@H](O)[C@@H]2CC[C@H]2CN2C[C@@]3(CCCc4cc(Cl)ccc43)COc3ccc(cc32)C(=O)NS1(=O)=O. The molecule has 0 unspecified atom stereocenters. The molecule has 2 aliphatic carbocycles. The monoisotopic (exact) mass is 683 g/mol. The van der Waals surface area contributed by atoms with E-state index in [0.717, 1.165) is 75.3 Å². The zero-order valence-electron chi connectivity index (χ0n) is 27.8. The first kappa shape index (κ1) is 33.2. The Balaban J connectivity index is 1.27. The quantitative estimate of drug-likeness (QED) is 0.384. The van der Waals surface area contributed by atoms with Gasteiger partial charge in [-0.05, 0) is 137 Å². The largest absolute Gasteiger partial charge is 0.490 e. The number of likely N-dealkylation sites (tertiary alicyclic amines) is 1. The van der Waals surface area contributed by atoms with Crippen molar-refractivity contribution in [2.45, 2.75) is 101 Å². The maximum Gasteiger partial charge on any atom is 0.264 e. The number of hydrogen-bond donors (Lipinski definition) is 2. The van der Waals surface area contributed by atoms with Gasteiger partial charge in [-0.2, -0.15) is 0 Å². The number of halogens is 1. The Morgan fingerprint density at radius 3 is 2.60 bits per heavy atom. The van der Waals surface area contributed by atoms with E-state index >= 15 is 0 Å². The molecule has 3 heterocycles. The van der Waals surface area contributed by atoms with Gasteiger partial charge < -0.3 is 19.6 Å². The minimum Gasteiger partial charge on any atom is -0.490 e. The number of ether oxygens (including phenoxy) is 1. The number of nitrogens with zero attached hydrogens (tertiary/aromatic N) is 2. The standard InChI is InChI=1S/C37H50ClN3O5S/c1-24-17-30(40-15-4-3-5-16-40)20-34(42)31-11-8-28(31)21-41-22-37(14-6-7-26-18-29(38)10-12-32(26)37)23-46-35-13-9-27(19-33(35)41)36(43)39-47(44,45)25(24)2/h9-10,12-13,18-19,24-25,28,30-31,34,42H,3-8,11,14-17,20-23H2,1-2H3,(H,39,43)/t24-,25+,28-,30-,31+,34+,37-/m0/s1. The van der Waals surface area contributed by atoms with Crippen molar-refractivity contribution >= 4 is 33.2 Å². The summed E-state index contributed by atoms with van der Waals surface area (Å²) in [4.78, 5) is 18.5. The van der Waals surface area contributed by atoms with Crippen LogP contribution in [0.2, 0.25) is 5.02 Å². The molecule has 1 saturated heterocycles. The first-order valence-corrected chi connectivity index (χ1v) is 19.7. The number of piperidine rings is 1. The Morgan fingerprint density at radius 2 is 1.83 bits per heavy atom. The van der Waals surface area contributed by atoms with Crippen LogP contribution in [-0.2, 0) is 21.9 Å². The zero-order valence-corrected chi connectivity index (χ0v) is 29.4. The van der Waals surface area contributed by atoms with Gasteiger partial charge in [-0.15, -0.1) is 0 Å². The third-order valence-electron chi connectivity index (χ3n) is 12.3. The highest BCUT2D eigenvalue weighted by atomic mass is 35.5. The molecule has 7 atom stereocenters. The van der Waals surface area contributed by atoms with E-state index in [1.165, 1.54) is 17.5 Å². The second-order valence-corrected chi connectivity index (χ2v) is 17.7. The molecule has 2 aromatic rings. The van der Waals surface area contributed by atoms with Crippen molar-refractivity contribution in [1.82, 2.24) is 9.62 Å². The van der Waals surface area contributed by atoms with Crippen molar-refractivity contribution in [3.8, 4) is 5.75 Å². The van der Waals surface area contributed by atoms with E-state index in [4.69, 9.17) is 16.3 Å². The average Bonchev–Trinajstić information content (AvgIpc) is 3.18. The lowest BCUT2D eigenvalue weighted by atomic mass is 9.67. The first-order chi connectivity index (χ1) is 22.5. The van der Waals surface area contributed by atoms with Crippen LogP contribution in [0.4, 0.5) is 5.69 Å². The second-order valence-electron chi connectivity index (χ2n) is 15.2. The maximum atomic E-state index is 13.6. The summed E-state index contributed by atoms with van der Waals surface area (Å²) in [5, 5.41) is 11.8. The van der Waals surface area contributed by atoms with Gasteiger partial charge in [0.15, 0.2) is 0 Å². The number of aryl methyl sites for hydroxylation is 1. The van der Waals surface area contributed by atoms with Crippen LogP contribution in [0.3, 0.4) is 0 Å². The van der Waals surface area contributed by atoms with Gasteiger partial charge in [-0.25, -0.2) is 13.1 Å². The molecular formula is C37H50ClN3O5S. The minimum absolute atomic E-state index is 0.0996. The number of hydrogen-bond acceptors (Lipinski definition) is 7. The number of aliphatic hydroxyl groups excluding tert-OH is 1. The van der Waals surface area contributed by atoms with Crippen LogP contribution < -0.4 is 14.4 Å². The Labute approximate surface area is 285 Å². The molecule has 2 bridgehead atoms. The lowest BCUT2D eigenvalue weighted by molar-refractivity contribution is -0.0128. The van der Waals surface area contributed by atoms with Crippen molar-refractivity contribution in [1.29, 1.82) is 0 Å². The van der Waals surface area contributed by atoms with Gasteiger partial charge in [-0.3, -0.25) is 4.79 Å².